The van der Waals surface area contributed by atoms with Crippen LogP contribution >= 0.6 is 34.8 Å². The van der Waals surface area contributed by atoms with Gasteiger partial charge in [0.2, 0.25) is 5.91 Å². The topological polar surface area (TPSA) is 53.5 Å². The van der Waals surface area contributed by atoms with E-state index in [9.17, 15) is 9.59 Å². The predicted octanol–water partition coefficient (Wildman–Crippen LogP) is 2.51. The highest BCUT2D eigenvalue weighted by Crippen LogP contribution is 2.62. The molecule has 2 unspecified atom stereocenters. The van der Waals surface area contributed by atoms with E-state index in [-0.39, 0.29) is 12.3 Å². The van der Waals surface area contributed by atoms with Crippen molar-refractivity contribution in [2.24, 2.45) is 0 Å². The van der Waals surface area contributed by atoms with E-state index in [1.54, 1.807) is 18.1 Å². The fourth-order valence-corrected chi connectivity index (χ4v) is 3.87. The van der Waals surface area contributed by atoms with Gasteiger partial charge in [-0.15, -0.1) is 11.6 Å². The van der Waals surface area contributed by atoms with Crippen LogP contribution in [0.5, 0.6) is 0 Å². The molecule has 5 nitrogen and oxygen atoms in total. The monoisotopic (exact) mass is 375 g/mol. The second-order valence-corrected chi connectivity index (χ2v) is 8.21. The molecule has 0 spiro atoms. The fourth-order valence-electron chi connectivity index (χ4n) is 2.83. The van der Waals surface area contributed by atoms with Crippen molar-refractivity contribution in [1.29, 1.82) is 0 Å². The summed E-state index contributed by atoms with van der Waals surface area (Å²) in [5.41, 5.74) is 1.02. The van der Waals surface area contributed by atoms with Gasteiger partial charge in [-0.25, -0.2) is 4.98 Å². The Morgan fingerprint density at radius 1 is 1.43 bits per heavy atom. The molecule has 3 rings (SSSR count). The van der Waals surface area contributed by atoms with Crippen molar-refractivity contribution in [2.75, 3.05) is 18.5 Å². The molecular weight excluding hydrogens is 361 g/mol. The van der Waals surface area contributed by atoms with E-state index in [2.05, 4.69) is 4.98 Å². The van der Waals surface area contributed by atoms with Gasteiger partial charge in [0.15, 0.2) is 4.87 Å². The number of amides is 2. The molecule has 1 saturated carbocycles. The third kappa shape index (κ3) is 2.69. The lowest BCUT2D eigenvalue weighted by atomic mass is 10.2. The van der Waals surface area contributed by atoms with Crippen molar-refractivity contribution >= 4 is 52.4 Å². The Morgan fingerprint density at radius 2 is 2.09 bits per heavy atom. The van der Waals surface area contributed by atoms with E-state index in [0.29, 0.717) is 18.8 Å². The smallest absolute Gasteiger partial charge is 0.251 e. The summed E-state index contributed by atoms with van der Waals surface area (Å²) in [5, 5.41) is 0. The minimum Gasteiger partial charge on any atom is -0.332 e. The molecule has 1 aromatic rings. The molecule has 8 heteroatoms. The van der Waals surface area contributed by atoms with E-state index in [0.717, 1.165) is 5.56 Å². The molecule has 0 N–H and O–H groups in total. The number of likely N-dealkylation sites (N-methyl/N-ethyl adjacent to an activating group) is 1. The van der Waals surface area contributed by atoms with E-state index in [4.69, 9.17) is 34.8 Å². The quantitative estimate of drug-likeness (QED) is 0.762. The van der Waals surface area contributed by atoms with Crippen LogP contribution in [0.2, 0.25) is 0 Å². The maximum atomic E-state index is 12.7. The van der Waals surface area contributed by atoms with Crippen molar-refractivity contribution in [1.82, 2.24) is 9.88 Å². The lowest BCUT2D eigenvalue weighted by Gasteiger charge is -2.26. The Balaban J connectivity index is 1.76. The number of nitrogens with zero attached hydrogens (tertiary/aromatic N) is 3. The summed E-state index contributed by atoms with van der Waals surface area (Å²) in [6.45, 7) is 2.43. The van der Waals surface area contributed by atoms with Crippen molar-refractivity contribution in [3.05, 3.63) is 23.9 Å². The third-order valence-electron chi connectivity index (χ3n) is 4.40. The highest BCUT2D eigenvalue weighted by atomic mass is 35.5. The summed E-state index contributed by atoms with van der Waals surface area (Å²) in [7, 11) is 1.56. The van der Waals surface area contributed by atoms with Gasteiger partial charge in [0.25, 0.3) is 5.91 Å². The van der Waals surface area contributed by atoms with E-state index in [1.807, 2.05) is 19.1 Å². The van der Waals surface area contributed by atoms with Gasteiger partial charge in [0.1, 0.15) is 16.2 Å². The maximum absolute atomic E-state index is 12.7. The van der Waals surface area contributed by atoms with Crippen LogP contribution in [0.1, 0.15) is 18.4 Å². The van der Waals surface area contributed by atoms with Gasteiger partial charge in [-0.1, -0.05) is 23.2 Å². The van der Waals surface area contributed by atoms with Crippen LogP contribution in [0.3, 0.4) is 0 Å². The first-order valence-corrected chi connectivity index (χ1v) is 8.39. The van der Waals surface area contributed by atoms with Gasteiger partial charge in [-0.05, 0) is 31.0 Å². The molecule has 2 aliphatic rings. The number of carbonyl (C=O) groups is 2. The van der Waals surface area contributed by atoms with Gasteiger partial charge in [0, 0.05) is 26.2 Å². The first-order valence-electron chi connectivity index (χ1n) is 7.25. The molecule has 0 bridgehead atoms. The zero-order valence-corrected chi connectivity index (χ0v) is 15.0. The number of hydrogen-bond donors (Lipinski definition) is 0. The van der Waals surface area contributed by atoms with Crippen LogP contribution in [0, 0.1) is 6.92 Å². The Labute approximate surface area is 149 Å². The second-order valence-electron chi connectivity index (χ2n) is 6.08. The molecule has 23 heavy (non-hydrogen) atoms. The summed E-state index contributed by atoms with van der Waals surface area (Å²) >= 11 is 18.1. The average molecular weight is 377 g/mol. The largest absolute Gasteiger partial charge is 0.332 e. The number of aryl methyl sites for hydroxylation is 1. The third-order valence-corrected chi connectivity index (χ3v) is 6.13. The summed E-state index contributed by atoms with van der Waals surface area (Å²) in [4.78, 5) is 31.0. The maximum Gasteiger partial charge on any atom is 0.251 e. The highest BCUT2D eigenvalue weighted by molar-refractivity contribution is 6.62. The first-order chi connectivity index (χ1) is 10.7. The predicted molar refractivity (Wildman–Crippen MR) is 90.1 cm³/mol. The fraction of sp³-hybridized carbons (Fsp3) is 0.533. The van der Waals surface area contributed by atoms with Gasteiger partial charge in [-0.2, -0.15) is 0 Å². The summed E-state index contributed by atoms with van der Waals surface area (Å²) < 4.78 is -1.26. The standard InChI is InChI=1S/C15H16Cl3N3O2/c1-9-3-5-19-11(7-9)21-6-4-10(12(21)22)20(2)13(23)14(16)8-15(14,17)18/h3,5,7,10H,4,6,8H2,1-2H3. The Kier molecular flexibility index (Phi) is 4.02. The lowest BCUT2D eigenvalue weighted by Crippen LogP contribution is -2.47. The molecule has 1 aliphatic heterocycles. The molecule has 1 aliphatic carbocycles. The molecular formula is C15H16Cl3N3O2. The molecule has 0 radical (unpaired) electrons. The molecule has 124 valence electrons. The number of alkyl halides is 3. The van der Waals surface area contributed by atoms with Crippen molar-refractivity contribution in [3.63, 3.8) is 0 Å². The van der Waals surface area contributed by atoms with Gasteiger partial charge >= 0.3 is 0 Å². The Hall–Kier alpha value is -1.04. The van der Waals surface area contributed by atoms with Crippen LogP contribution in [-0.2, 0) is 9.59 Å². The van der Waals surface area contributed by atoms with Crippen LogP contribution in [-0.4, -0.2) is 50.5 Å². The van der Waals surface area contributed by atoms with Crippen LogP contribution in [0.25, 0.3) is 0 Å². The van der Waals surface area contributed by atoms with Crippen molar-refractivity contribution < 1.29 is 9.59 Å². The zero-order valence-electron chi connectivity index (χ0n) is 12.7. The Bertz CT molecular complexity index is 682. The minimum absolute atomic E-state index is 0.172. The van der Waals surface area contributed by atoms with Gasteiger partial charge < -0.3 is 4.90 Å². The number of anilines is 1. The van der Waals surface area contributed by atoms with Gasteiger partial charge in [-0.3, -0.25) is 14.5 Å². The number of aromatic nitrogens is 1. The lowest BCUT2D eigenvalue weighted by molar-refractivity contribution is -0.137. The highest BCUT2D eigenvalue weighted by Gasteiger charge is 2.72. The van der Waals surface area contributed by atoms with Crippen molar-refractivity contribution in [3.8, 4) is 0 Å². The summed E-state index contributed by atoms with van der Waals surface area (Å²) in [6.07, 6.45) is 2.35. The van der Waals surface area contributed by atoms with Crippen molar-refractivity contribution in [2.45, 2.75) is 35.0 Å². The summed E-state index contributed by atoms with van der Waals surface area (Å²) in [5.74, 6) is 0.00516. The van der Waals surface area contributed by atoms with E-state index >= 15 is 0 Å². The minimum atomic E-state index is -1.33. The Morgan fingerprint density at radius 3 is 2.65 bits per heavy atom. The SMILES string of the molecule is Cc1ccnc(N2CCC(N(C)C(=O)C3(Cl)CC3(Cl)Cl)C2=O)c1. The molecule has 2 atom stereocenters. The average Bonchev–Trinajstić information content (AvgIpc) is 2.81. The molecule has 0 aromatic carbocycles. The second kappa shape index (κ2) is 5.50. The number of hydrogen-bond acceptors (Lipinski definition) is 3. The molecule has 2 amide bonds. The summed E-state index contributed by atoms with van der Waals surface area (Å²) in [6, 6.07) is 3.13. The van der Waals surface area contributed by atoms with Crippen LogP contribution in [0.4, 0.5) is 5.82 Å². The number of rotatable bonds is 3. The van der Waals surface area contributed by atoms with Crippen LogP contribution < -0.4 is 4.90 Å². The van der Waals surface area contributed by atoms with E-state index < -0.39 is 21.2 Å². The number of carbonyl (C=O) groups excluding carboxylic acids is 2. The normalized spacial score (nSPS) is 28.8. The number of pyridine rings is 1. The van der Waals surface area contributed by atoms with Crippen LogP contribution in [0.15, 0.2) is 18.3 Å². The zero-order chi connectivity index (χ0) is 17.0. The van der Waals surface area contributed by atoms with E-state index in [1.165, 1.54) is 4.90 Å². The molecule has 1 saturated heterocycles. The number of halogens is 3. The van der Waals surface area contributed by atoms with Gasteiger partial charge in [0.05, 0.1) is 0 Å². The molecule has 2 fully saturated rings. The molecule has 2 heterocycles. The first kappa shape index (κ1) is 16.8. The molecule has 1 aromatic heterocycles.